The number of fused-ring (bicyclic) bond motifs is 2. The van der Waals surface area contributed by atoms with Gasteiger partial charge in [0.05, 0.1) is 24.3 Å². The Morgan fingerprint density at radius 3 is 2.88 bits per heavy atom. The van der Waals surface area contributed by atoms with E-state index in [2.05, 4.69) is 15.3 Å². The number of ether oxygens (including phenoxy) is 1. The summed E-state index contributed by atoms with van der Waals surface area (Å²) in [7, 11) is 1.55. The van der Waals surface area contributed by atoms with Crippen LogP contribution in [-0.2, 0) is 0 Å². The summed E-state index contributed by atoms with van der Waals surface area (Å²) < 4.78 is 11.0. The molecule has 4 rings (SSSR count). The normalized spacial score (nSPS) is 11.0. The predicted octanol–water partition coefficient (Wildman–Crippen LogP) is 3.24. The van der Waals surface area contributed by atoms with E-state index in [1.807, 2.05) is 19.1 Å². The molecule has 0 aliphatic heterocycles. The topological polar surface area (TPSA) is 97.2 Å². The minimum absolute atomic E-state index is 0.199. The number of nitrogens with one attached hydrogen (secondary N) is 2. The minimum atomic E-state index is -0.402. The molecule has 4 aromatic rings. The van der Waals surface area contributed by atoms with Crippen molar-refractivity contribution in [3.63, 3.8) is 0 Å². The van der Waals surface area contributed by atoms with Crippen LogP contribution in [0.5, 0.6) is 5.75 Å². The number of amides is 1. The van der Waals surface area contributed by atoms with E-state index in [0.717, 1.165) is 10.9 Å². The summed E-state index contributed by atoms with van der Waals surface area (Å²) in [5.41, 5.74) is 2.01. The number of H-pyrrole nitrogens is 1. The number of furan rings is 1. The molecule has 2 aromatic carbocycles. The van der Waals surface area contributed by atoms with Crippen LogP contribution in [-0.4, -0.2) is 23.0 Å². The van der Waals surface area contributed by atoms with Crippen molar-refractivity contribution in [3.8, 4) is 5.75 Å². The van der Waals surface area contributed by atoms with Crippen LogP contribution in [0, 0.1) is 6.92 Å². The van der Waals surface area contributed by atoms with Crippen molar-refractivity contribution >= 4 is 33.5 Å². The smallest absolute Gasteiger partial charge is 0.291 e. The Kier molecular flexibility index (Phi) is 3.69. The number of methoxy groups -OCH3 is 1. The number of anilines is 1. The van der Waals surface area contributed by atoms with Gasteiger partial charge in [-0.1, -0.05) is 12.1 Å². The fourth-order valence-electron chi connectivity index (χ4n) is 2.93. The molecule has 7 nitrogen and oxygen atoms in total. The van der Waals surface area contributed by atoms with Crippen LogP contribution in [0.1, 0.15) is 16.1 Å². The number of para-hydroxylation sites is 1. The van der Waals surface area contributed by atoms with Crippen LogP contribution in [0.25, 0.3) is 21.9 Å². The molecule has 0 radical (unpaired) electrons. The molecule has 7 heteroatoms. The number of aromatic nitrogens is 2. The lowest BCUT2D eigenvalue weighted by atomic mass is 10.1. The minimum Gasteiger partial charge on any atom is -0.493 e. The SMILES string of the molecule is COc1cccc2c(C)c(C(=O)Nc3ccc4nc[nH]c(=O)c4c3)oc12. The summed E-state index contributed by atoms with van der Waals surface area (Å²) in [6, 6.07) is 10.4. The van der Waals surface area contributed by atoms with Gasteiger partial charge in [0.2, 0.25) is 0 Å². The molecule has 0 unspecified atom stereocenters. The summed E-state index contributed by atoms with van der Waals surface area (Å²) in [6.45, 7) is 1.81. The van der Waals surface area contributed by atoms with E-state index in [0.29, 0.717) is 27.9 Å². The summed E-state index contributed by atoms with van der Waals surface area (Å²) in [6.07, 6.45) is 1.34. The first-order valence-corrected chi connectivity index (χ1v) is 7.93. The molecular formula is C19H15N3O4. The van der Waals surface area contributed by atoms with Crippen molar-refractivity contribution in [2.75, 3.05) is 12.4 Å². The number of rotatable bonds is 3. The molecule has 0 atom stereocenters. The predicted molar refractivity (Wildman–Crippen MR) is 97.8 cm³/mol. The number of hydrogen-bond donors (Lipinski definition) is 2. The third-order valence-corrected chi connectivity index (χ3v) is 4.25. The monoisotopic (exact) mass is 349 g/mol. The largest absolute Gasteiger partial charge is 0.493 e. The lowest BCUT2D eigenvalue weighted by Crippen LogP contribution is -2.13. The van der Waals surface area contributed by atoms with Gasteiger partial charge in [0, 0.05) is 16.6 Å². The highest BCUT2D eigenvalue weighted by atomic mass is 16.5. The lowest BCUT2D eigenvalue weighted by Gasteiger charge is -2.05. The van der Waals surface area contributed by atoms with Crippen molar-refractivity contribution < 1.29 is 13.9 Å². The van der Waals surface area contributed by atoms with E-state index in [1.54, 1.807) is 31.4 Å². The second-order valence-corrected chi connectivity index (χ2v) is 5.81. The standard InChI is InChI=1S/C19H15N3O4/c1-10-12-4-3-5-15(25-2)17(12)26-16(10)19(24)22-11-6-7-14-13(8-11)18(23)21-9-20-14/h3-9H,1-2H3,(H,22,24)(H,20,21,23). The molecular weight excluding hydrogens is 334 g/mol. The number of aryl methyl sites for hydroxylation is 1. The van der Waals surface area contributed by atoms with Gasteiger partial charge in [0.15, 0.2) is 17.1 Å². The number of aromatic amines is 1. The molecule has 0 saturated heterocycles. The Bertz CT molecular complexity index is 1210. The first kappa shape index (κ1) is 15.9. The molecule has 0 fully saturated rings. The molecule has 2 N–H and O–H groups in total. The Hall–Kier alpha value is -3.61. The highest BCUT2D eigenvalue weighted by molar-refractivity contribution is 6.07. The maximum atomic E-state index is 12.7. The van der Waals surface area contributed by atoms with E-state index in [1.165, 1.54) is 6.33 Å². The van der Waals surface area contributed by atoms with Crippen molar-refractivity contribution in [2.45, 2.75) is 6.92 Å². The van der Waals surface area contributed by atoms with Gasteiger partial charge in [-0.3, -0.25) is 9.59 Å². The average Bonchev–Trinajstić information content (AvgIpc) is 2.99. The number of hydrogen-bond acceptors (Lipinski definition) is 5. The Morgan fingerprint density at radius 1 is 1.23 bits per heavy atom. The molecule has 0 spiro atoms. The van der Waals surface area contributed by atoms with Crippen molar-refractivity contribution in [3.05, 3.63) is 64.4 Å². The highest BCUT2D eigenvalue weighted by Gasteiger charge is 2.20. The quantitative estimate of drug-likeness (QED) is 0.592. The van der Waals surface area contributed by atoms with Crippen LogP contribution in [0.3, 0.4) is 0 Å². The van der Waals surface area contributed by atoms with Crippen molar-refractivity contribution in [2.24, 2.45) is 0 Å². The second-order valence-electron chi connectivity index (χ2n) is 5.81. The van der Waals surface area contributed by atoms with Gasteiger partial charge >= 0.3 is 0 Å². The molecule has 1 amide bonds. The van der Waals surface area contributed by atoms with Crippen molar-refractivity contribution in [1.82, 2.24) is 9.97 Å². The van der Waals surface area contributed by atoms with Gasteiger partial charge in [-0.25, -0.2) is 4.98 Å². The molecule has 0 saturated carbocycles. The van der Waals surface area contributed by atoms with Crippen LogP contribution < -0.4 is 15.6 Å². The third kappa shape index (κ3) is 2.50. The summed E-state index contributed by atoms with van der Waals surface area (Å²) in [4.78, 5) is 31.2. The number of carbonyl (C=O) groups excluding carboxylic acids is 1. The van der Waals surface area contributed by atoms with Gasteiger partial charge in [0.25, 0.3) is 11.5 Å². The highest BCUT2D eigenvalue weighted by Crippen LogP contribution is 2.32. The molecule has 0 aliphatic rings. The first-order valence-electron chi connectivity index (χ1n) is 7.93. The van der Waals surface area contributed by atoms with Crippen LogP contribution in [0.2, 0.25) is 0 Å². The van der Waals surface area contributed by atoms with Crippen LogP contribution in [0.15, 0.2) is 51.9 Å². The zero-order valence-electron chi connectivity index (χ0n) is 14.1. The Labute approximate surface area is 147 Å². The Balaban J connectivity index is 1.73. The van der Waals surface area contributed by atoms with Crippen LogP contribution >= 0.6 is 0 Å². The van der Waals surface area contributed by atoms with Gasteiger partial charge in [-0.2, -0.15) is 0 Å². The summed E-state index contributed by atoms with van der Waals surface area (Å²) >= 11 is 0. The van der Waals surface area contributed by atoms with Gasteiger partial charge in [-0.05, 0) is 31.2 Å². The number of benzene rings is 2. The zero-order valence-corrected chi connectivity index (χ0v) is 14.1. The second kappa shape index (κ2) is 6.03. The molecule has 26 heavy (non-hydrogen) atoms. The number of nitrogens with zero attached hydrogens (tertiary/aromatic N) is 1. The third-order valence-electron chi connectivity index (χ3n) is 4.25. The molecule has 2 heterocycles. The van der Waals surface area contributed by atoms with Crippen LogP contribution in [0.4, 0.5) is 5.69 Å². The van der Waals surface area contributed by atoms with E-state index in [4.69, 9.17) is 9.15 Å². The maximum absolute atomic E-state index is 12.7. The maximum Gasteiger partial charge on any atom is 0.291 e. The molecule has 0 bridgehead atoms. The first-order chi connectivity index (χ1) is 12.6. The van der Waals surface area contributed by atoms with Crippen molar-refractivity contribution in [1.29, 1.82) is 0 Å². The number of carbonyl (C=O) groups is 1. The Morgan fingerprint density at radius 2 is 2.08 bits per heavy atom. The fraction of sp³-hybridized carbons (Fsp3) is 0.105. The molecule has 130 valence electrons. The van der Waals surface area contributed by atoms with E-state index >= 15 is 0 Å². The lowest BCUT2D eigenvalue weighted by molar-refractivity contribution is 0.0998. The van der Waals surface area contributed by atoms with Gasteiger partial charge in [0.1, 0.15) is 0 Å². The van der Waals surface area contributed by atoms with E-state index in [-0.39, 0.29) is 11.3 Å². The summed E-state index contributed by atoms with van der Waals surface area (Å²) in [5, 5.41) is 3.97. The fourth-order valence-corrected chi connectivity index (χ4v) is 2.93. The van der Waals surface area contributed by atoms with E-state index in [9.17, 15) is 9.59 Å². The average molecular weight is 349 g/mol. The van der Waals surface area contributed by atoms with E-state index < -0.39 is 5.91 Å². The van der Waals surface area contributed by atoms with Gasteiger partial charge in [-0.15, -0.1) is 0 Å². The zero-order chi connectivity index (χ0) is 18.3. The van der Waals surface area contributed by atoms with Gasteiger partial charge < -0.3 is 19.5 Å². The molecule has 2 aromatic heterocycles. The molecule has 0 aliphatic carbocycles. The summed E-state index contributed by atoms with van der Waals surface area (Å²) in [5.74, 6) is 0.359.